The van der Waals surface area contributed by atoms with Gasteiger partial charge in [-0.05, 0) is 13.3 Å². The summed E-state index contributed by atoms with van der Waals surface area (Å²) in [6, 6.07) is 4.03. The van der Waals surface area contributed by atoms with Crippen LogP contribution in [0.15, 0.2) is 24.3 Å². The fourth-order valence-corrected chi connectivity index (χ4v) is 3.10. The molecule has 1 heterocycles. The summed E-state index contributed by atoms with van der Waals surface area (Å²) in [7, 11) is 5.02. The number of hydrogen-bond donors (Lipinski definition) is 1. The van der Waals surface area contributed by atoms with Crippen LogP contribution >= 0.6 is 0 Å². The molecule has 2 rings (SSSR count). The Labute approximate surface area is 139 Å². The topological polar surface area (TPSA) is 43.0 Å². The first kappa shape index (κ1) is 17.6. The van der Waals surface area contributed by atoms with E-state index in [2.05, 4.69) is 23.7 Å². The molecule has 0 aliphatic carbocycles. The van der Waals surface area contributed by atoms with E-state index in [9.17, 15) is 0 Å². The number of hydrogen-bond acceptors (Lipinski definition) is 5. The predicted octanol–water partition coefficient (Wildman–Crippen LogP) is 2.62. The zero-order valence-electron chi connectivity index (χ0n) is 14.6. The van der Waals surface area contributed by atoms with Crippen molar-refractivity contribution >= 4 is 0 Å². The molecule has 0 unspecified atom stereocenters. The number of rotatable bonds is 7. The zero-order valence-corrected chi connectivity index (χ0v) is 14.6. The second kappa shape index (κ2) is 8.22. The van der Waals surface area contributed by atoms with Crippen molar-refractivity contribution in [1.82, 2.24) is 10.2 Å². The van der Waals surface area contributed by atoms with E-state index in [1.807, 2.05) is 12.1 Å². The summed E-state index contributed by atoms with van der Waals surface area (Å²) in [6.07, 6.45) is 0.874. The van der Waals surface area contributed by atoms with Crippen molar-refractivity contribution in [2.45, 2.75) is 19.4 Å². The molecule has 0 aromatic heterocycles. The molecule has 1 aliphatic rings. The minimum atomic E-state index is 0.186. The average Bonchev–Trinajstić information content (AvgIpc) is 2.59. The van der Waals surface area contributed by atoms with E-state index in [0.29, 0.717) is 0 Å². The Bertz CT molecular complexity index is 514. The second-order valence-electron chi connectivity index (χ2n) is 5.91. The van der Waals surface area contributed by atoms with Gasteiger partial charge in [-0.1, -0.05) is 5.57 Å². The number of methoxy groups -OCH3 is 3. The third-order valence-corrected chi connectivity index (χ3v) is 4.22. The van der Waals surface area contributed by atoms with E-state index in [-0.39, 0.29) is 6.04 Å². The van der Waals surface area contributed by atoms with E-state index in [1.54, 1.807) is 21.3 Å². The summed E-state index contributed by atoms with van der Waals surface area (Å²) >= 11 is 0. The van der Waals surface area contributed by atoms with E-state index >= 15 is 0 Å². The molecule has 0 saturated carbocycles. The lowest BCUT2D eigenvalue weighted by Crippen LogP contribution is -2.45. The molecule has 1 saturated heterocycles. The summed E-state index contributed by atoms with van der Waals surface area (Å²) in [6.45, 7) is 10.2. The van der Waals surface area contributed by atoms with Gasteiger partial charge in [0.15, 0.2) is 0 Å². The molecular weight excluding hydrogens is 292 g/mol. The summed E-state index contributed by atoms with van der Waals surface area (Å²) in [5, 5.41) is 3.40. The van der Waals surface area contributed by atoms with Crippen LogP contribution in [0.25, 0.3) is 0 Å². The molecule has 1 N–H and O–H groups in total. The second-order valence-corrected chi connectivity index (χ2v) is 5.91. The highest BCUT2D eigenvalue weighted by molar-refractivity contribution is 5.52. The van der Waals surface area contributed by atoms with Crippen LogP contribution in [0.5, 0.6) is 17.2 Å². The molecule has 0 amide bonds. The third kappa shape index (κ3) is 4.18. The van der Waals surface area contributed by atoms with Crippen LogP contribution in [0.4, 0.5) is 0 Å². The molecule has 1 aromatic carbocycles. The highest BCUT2D eigenvalue weighted by Crippen LogP contribution is 2.42. The fourth-order valence-electron chi connectivity index (χ4n) is 3.10. The lowest BCUT2D eigenvalue weighted by molar-refractivity contribution is 0.166. The standard InChI is InChI=1S/C18H28N2O3/c1-13(2)10-15(20-8-6-19-7-9-20)18-16(22-4)11-14(21-3)12-17(18)23-5/h11-12,15,19H,1,6-10H2,2-5H3/t15-/m1/s1. The molecule has 5 nitrogen and oxygen atoms in total. The van der Waals surface area contributed by atoms with Gasteiger partial charge >= 0.3 is 0 Å². The van der Waals surface area contributed by atoms with Gasteiger partial charge in [0, 0.05) is 44.4 Å². The van der Waals surface area contributed by atoms with E-state index in [1.165, 1.54) is 0 Å². The van der Waals surface area contributed by atoms with Gasteiger partial charge in [0.25, 0.3) is 0 Å². The maximum Gasteiger partial charge on any atom is 0.131 e. The smallest absolute Gasteiger partial charge is 0.131 e. The van der Waals surface area contributed by atoms with Crippen molar-refractivity contribution in [3.05, 3.63) is 29.8 Å². The molecule has 5 heteroatoms. The van der Waals surface area contributed by atoms with Gasteiger partial charge in [-0.15, -0.1) is 6.58 Å². The number of piperazine rings is 1. The zero-order chi connectivity index (χ0) is 16.8. The summed E-state index contributed by atoms with van der Waals surface area (Å²) in [5.74, 6) is 2.33. The average molecular weight is 320 g/mol. The maximum absolute atomic E-state index is 5.65. The molecule has 1 aliphatic heterocycles. The van der Waals surface area contributed by atoms with Gasteiger partial charge in [0.2, 0.25) is 0 Å². The first-order valence-electron chi connectivity index (χ1n) is 7.99. The first-order chi connectivity index (χ1) is 11.1. The minimum Gasteiger partial charge on any atom is -0.496 e. The highest BCUT2D eigenvalue weighted by atomic mass is 16.5. The van der Waals surface area contributed by atoms with E-state index in [0.717, 1.165) is 61.0 Å². The van der Waals surface area contributed by atoms with Crippen molar-refractivity contribution in [2.75, 3.05) is 47.5 Å². The first-order valence-corrected chi connectivity index (χ1v) is 7.99. The SMILES string of the molecule is C=C(C)C[C@H](c1c(OC)cc(OC)cc1OC)N1CCNCC1. The van der Waals surface area contributed by atoms with E-state index in [4.69, 9.17) is 14.2 Å². The highest BCUT2D eigenvalue weighted by Gasteiger charge is 2.28. The van der Waals surface area contributed by atoms with Gasteiger partial charge in [-0.25, -0.2) is 0 Å². The lowest BCUT2D eigenvalue weighted by atomic mass is 9.95. The maximum atomic E-state index is 5.65. The molecule has 0 bridgehead atoms. The van der Waals surface area contributed by atoms with Crippen LogP contribution in [-0.2, 0) is 0 Å². The van der Waals surface area contributed by atoms with Crippen LogP contribution in [0.2, 0.25) is 0 Å². The summed E-state index contributed by atoms with van der Waals surface area (Å²) < 4.78 is 16.7. The van der Waals surface area contributed by atoms with Crippen LogP contribution in [0.3, 0.4) is 0 Å². The molecular formula is C18H28N2O3. The number of nitrogens with zero attached hydrogens (tertiary/aromatic N) is 1. The molecule has 0 spiro atoms. The minimum absolute atomic E-state index is 0.186. The van der Waals surface area contributed by atoms with Crippen molar-refractivity contribution in [3.8, 4) is 17.2 Å². The molecule has 128 valence electrons. The van der Waals surface area contributed by atoms with Crippen molar-refractivity contribution in [1.29, 1.82) is 0 Å². The lowest BCUT2D eigenvalue weighted by Gasteiger charge is -2.36. The molecule has 0 radical (unpaired) electrons. The van der Waals surface area contributed by atoms with Gasteiger partial charge in [0.1, 0.15) is 17.2 Å². The van der Waals surface area contributed by atoms with Crippen LogP contribution in [0, 0.1) is 0 Å². The van der Waals surface area contributed by atoms with Crippen LogP contribution in [-0.4, -0.2) is 52.4 Å². The Morgan fingerprint density at radius 2 is 1.70 bits per heavy atom. The number of ether oxygens (including phenoxy) is 3. The Balaban J connectivity index is 2.48. The fraction of sp³-hybridized carbons (Fsp3) is 0.556. The van der Waals surface area contributed by atoms with Gasteiger partial charge in [-0.2, -0.15) is 0 Å². The summed E-state index contributed by atoms with van der Waals surface area (Å²) in [5.41, 5.74) is 2.22. The largest absolute Gasteiger partial charge is 0.496 e. The van der Waals surface area contributed by atoms with Crippen molar-refractivity contribution in [3.63, 3.8) is 0 Å². The Kier molecular flexibility index (Phi) is 6.30. The van der Waals surface area contributed by atoms with Gasteiger partial charge in [0.05, 0.1) is 26.9 Å². The number of nitrogens with one attached hydrogen (secondary N) is 1. The van der Waals surface area contributed by atoms with Gasteiger partial charge < -0.3 is 19.5 Å². The van der Waals surface area contributed by atoms with Crippen LogP contribution in [0.1, 0.15) is 24.9 Å². The van der Waals surface area contributed by atoms with Crippen LogP contribution < -0.4 is 19.5 Å². The Morgan fingerprint density at radius 1 is 1.13 bits per heavy atom. The third-order valence-electron chi connectivity index (χ3n) is 4.22. The molecule has 23 heavy (non-hydrogen) atoms. The normalized spacial score (nSPS) is 16.7. The predicted molar refractivity (Wildman–Crippen MR) is 92.7 cm³/mol. The molecule has 1 aromatic rings. The molecule has 1 fully saturated rings. The molecule has 1 atom stereocenters. The Hall–Kier alpha value is -1.72. The number of benzene rings is 1. The monoisotopic (exact) mass is 320 g/mol. The van der Waals surface area contributed by atoms with Crippen molar-refractivity contribution < 1.29 is 14.2 Å². The summed E-state index contributed by atoms with van der Waals surface area (Å²) in [4.78, 5) is 2.47. The van der Waals surface area contributed by atoms with E-state index < -0.39 is 0 Å². The van der Waals surface area contributed by atoms with Crippen molar-refractivity contribution in [2.24, 2.45) is 0 Å². The van der Waals surface area contributed by atoms with Gasteiger partial charge in [-0.3, -0.25) is 4.90 Å². The Morgan fingerprint density at radius 3 is 2.13 bits per heavy atom. The quantitative estimate of drug-likeness (QED) is 0.782.